The maximum Gasteiger partial charge on any atom is 0.260 e. The van der Waals surface area contributed by atoms with Gasteiger partial charge in [0.1, 0.15) is 11.6 Å². The molecule has 3 N–H and O–H groups in total. The van der Waals surface area contributed by atoms with E-state index in [1.165, 1.54) is 12.1 Å². The van der Waals surface area contributed by atoms with E-state index in [0.29, 0.717) is 12.2 Å². The summed E-state index contributed by atoms with van der Waals surface area (Å²) in [5, 5.41) is 2.71. The maximum absolute atomic E-state index is 13.1. The van der Waals surface area contributed by atoms with Crippen LogP contribution in [0.1, 0.15) is 12.5 Å². The van der Waals surface area contributed by atoms with Crippen LogP contribution in [0.25, 0.3) is 11.1 Å². The zero-order valence-corrected chi connectivity index (χ0v) is 17.3. The lowest BCUT2D eigenvalue weighted by atomic mass is 9.98. The second kappa shape index (κ2) is 10.4. The quantitative estimate of drug-likeness (QED) is 0.554. The van der Waals surface area contributed by atoms with Crippen LogP contribution < -0.4 is 15.8 Å². The average Bonchev–Trinajstić information content (AvgIpc) is 2.78. The Morgan fingerprint density at radius 3 is 2.16 bits per heavy atom. The first-order valence-corrected chi connectivity index (χ1v) is 10.1. The summed E-state index contributed by atoms with van der Waals surface area (Å²) in [6, 6.07) is 23.3. The standard InChI is InChI=1S/C25H25FN2O3/c1-17(31-23-13-9-20(10-14-23)19-5-3-2-4-6-19)25(30)28-16-21(24(27)29)15-18-7-11-22(26)12-8-18/h2-14,17,21H,15-16H2,1H3,(H2,27,29)(H,28,30). The summed E-state index contributed by atoms with van der Waals surface area (Å²) < 4.78 is 18.8. The Bertz CT molecular complexity index is 1010. The Morgan fingerprint density at radius 1 is 0.935 bits per heavy atom. The number of ether oxygens (including phenoxy) is 1. The van der Waals surface area contributed by atoms with Gasteiger partial charge < -0.3 is 15.8 Å². The molecule has 3 aromatic carbocycles. The number of benzene rings is 3. The van der Waals surface area contributed by atoms with Crippen molar-refractivity contribution in [2.45, 2.75) is 19.4 Å². The Morgan fingerprint density at radius 2 is 1.55 bits per heavy atom. The minimum Gasteiger partial charge on any atom is -0.481 e. The van der Waals surface area contributed by atoms with E-state index in [2.05, 4.69) is 5.32 Å². The summed E-state index contributed by atoms with van der Waals surface area (Å²) in [4.78, 5) is 24.2. The van der Waals surface area contributed by atoms with Crippen molar-refractivity contribution in [1.82, 2.24) is 5.32 Å². The Hall–Kier alpha value is -3.67. The van der Waals surface area contributed by atoms with Crippen LogP contribution in [0.4, 0.5) is 4.39 Å². The van der Waals surface area contributed by atoms with Gasteiger partial charge in [0.15, 0.2) is 6.10 Å². The number of hydrogen-bond donors (Lipinski definition) is 2. The van der Waals surface area contributed by atoms with Crippen molar-refractivity contribution < 1.29 is 18.7 Å². The van der Waals surface area contributed by atoms with Crippen molar-refractivity contribution in [1.29, 1.82) is 0 Å². The van der Waals surface area contributed by atoms with Gasteiger partial charge in [0.25, 0.3) is 5.91 Å². The Kier molecular flexibility index (Phi) is 7.38. The first-order chi connectivity index (χ1) is 14.9. The molecule has 0 aromatic heterocycles. The fraction of sp³-hybridized carbons (Fsp3) is 0.200. The molecule has 0 aliphatic heterocycles. The molecule has 0 fully saturated rings. The largest absolute Gasteiger partial charge is 0.481 e. The SMILES string of the molecule is CC(Oc1ccc(-c2ccccc2)cc1)C(=O)NCC(Cc1ccc(F)cc1)C(N)=O. The maximum atomic E-state index is 13.1. The van der Waals surface area contributed by atoms with E-state index in [1.54, 1.807) is 19.1 Å². The topological polar surface area (TPSA) is 81.4 Å². The fourth-order valence-electron chi connectivity index (χ4n) is 3.16. The van der Waals surface area contributed by atoms with Crippen LogP contribution in [0.2, 0.25) is 0 Å². The van der Waals surface area contributed by atoms with Crippen molar-refractivity contribution in [3.63, 3.8) is 0 Å². The number of nitrogens with one attached hydrogen (secondary N) is 1. The second-order valence-electron chi connectivity index (χ2n) is 7.33. The highest BCUT2D eigenvalue weighted by Gasteiger charge is 2.20. The van der Waals surface area contributed by atoms with Crippen LogP contribution >= 0.6 is 0 Å². The third-order valence-electron chi connectivity index (χ3n) is 4.96. The van der Waals surface area contributed by atoms with Crippen LogP contribution in [-0.2, 0) is 16.0 Å². The van der Waals surface area contributed by atoms with Gasteiger partial charge in [-0.25, -0.2) is 4.39 Å². The Labute approximate surface area is 181 Å². The minimum absolute atomic E-state index is 0.0756. The molecule has 0 aliphatic rings. The molecular formula is C25H25FN2O3. The zero-order chi connectivity index (χ0) is 22.2. The summed E-state index contributed by atoms with van der Waals surface area (Å²) in [6.07, 6.45) is -0.437. The monoisotopic (exact) mass is 420 g/mol. The molecule has 0 saturated heterocycles. The van der Waals surface area contributed by atoms with Gasteiger partial charge in [0.2, 0.25) is 5.91 Å². The fourth-order valence-corrected chi connectivity index (χ4v) is 3.16. The Balaban J connectivity index is 1.53. The van der Waals surface area contributed by atoms with Crippen LogP contribution in [-0.4, -0.2) is 24.5 Å². The van der Waals surface area contributed by atoms with Gasteiger partial charge >= 0.3 is 0 Å². The van der Waals surface area contributed by atoms with Crippen molar-refractivity contribution in [3.8, 4) is 16.9 Å². The van der Waals surface area contributed by atoms with Crippen LogP contribution in [0.15, 0.2) is 78.9 Å². The third-order valence-corrected chi connectivity index (χ3v) is 4.96. The van der Waals surface area contributed by atoms with Gasteiger partial charge in [-0.15, -0.1) is 0 Å². The number of nitrogens with two attached hydrogens (primary N) is 1. The molecule has 0 spiro atoms. The predicted octanol–water partition coefficient (Wildman–Crippen LogP) is 3.72. The predicted molar refractivity (Wildman–Crippen MR) is 118 cm³/mol. The molecule has 0 aliphatic carbocycles. The molecule has 3 rings (SSSR count). The molecule has 0 heterocycles. The van der Waals surface area contributed by atoms with E-state index in [0.717, 1.165) is 16.7 Å². The van der Waals surface area contributed by atoms with Crippen LogP contribution in [0.5, 0.6) is 5.75 Å². The van der Waals surface area contributed by atoms with Crippen LogP contribution in [0, 0.1) is 11.7 Å². The number of hydrogen-bond acceptors (Lipinski definition) is 3. The van der Waals surface area contributed by atoms with Crippen molar-refractivity contribution in [3.05, 3.63) is 90.2 Å². The average molecular weight is 420 g/mol. The first-order valence-electron chi connectivity index (χ1n) is 10.1. The van der Waals surface area contributed by atoms with E-state index in [4.69, 9.17) is 10.5 Å². The van der Waals surface area contributed by atoms with Crippen molar-refractivity contribution in [2.24, 2.45) is 11.7 Å². The number of amides is 2. The number of primary amides is 1. The van der Waals surface area contributed by atoms with E-state index in [-0.39, 0.29) is 18.3 Å². The van der Waals surface area contributed by atoms with E-state index in [9.17, 15) is 14.0 Å². The van der Waals surface area contributed by atoms with Gasteiger partial charge in [-0.2, -0.15) is 0 Å². The lowest BCUT2D eigenvalue weighted by Gasteiger charge is -2.18. The summed E-state index contributed by atoms with van der Waals surface area (Å²) in [6.45, 7) is 1.71. The molecule has 0 saturated carbocycles. The first kappa shape index (κ1) is 22.0. The molecule has 5 nitrogen and oxygen atoms in total. The molecule has 2 unspecified atom stereocenters. The second-order valence-corrected chi connectivity index (χ2v) is 7.33. The van der Waals surface area contributed by atoms with Gasteiger partial charge in [0, 0.05) is 6.54 Å². The number of carbonyl (C=O) groups excluding carboxylic acids is 2. The molecule has 160 valence electrons. The minimum atomic E-state index is -0.748. The highest BCUT2D eigenvalue weighted by molar-refractivity contribution is 5.82. The molecule has 6 heteroatoms. The van der Waals surface area contributed by atoms with Gasteiger partial charge in [0.05, 0.1) is 5.92 Å². The summed E-state index contributed by atoms with van der Waals surface area (Å²) in [5.74, 6) is -1.27. The van der Waals surface area contributed by atoms with Gasteiger partial charge in [-0.1, -0.05) is 54.6 Å². The molecule has 31 heavy (non-hydrogen) atoms. The van der Waals surface area contributed by atoms with Crippen molar-refractivity contribution in [2.75, 3.05) is 6.54 Å². The molecular weight excluding hydrogens is 395 g/mol. The summed E-state index contributed by atoms with van der Waals surface area (Å²) in [7, 11) is 0. The van der Waals surface area contributed by atoms with Gasteiger partial charge in [-0.05, 0) is 54.3 Å². The highest BCUT2D eigenvalue weighted by Crippen LogP contribution is 2.22. The number of carbonyl (C=O) groups is 2. The van der Waals surface area contributed by atoms with E-state index < -0.39 is 17.9 Å². The van der Waals surface area contributed by atoms with E-state index in [1.807, 2.05) is 54.6 Å². The number of halogens is 1. The molecule has 2 atom stereocenters. The molecule has 3 aromatic rings. The molecule has 0 bridgehead atoms. The highest BCUT2D eigenvalue weighted by atomic mass is 19.1. The molecule has 0 radical (unpaired) electrons. The number of rotatable bonds is 9. The van der Waals surface area contributed by atoms with Gasteiger partial charge in [-0.3, -0.25) is 9.59 Å². The van der Waals surface area contributed by atoms with E-state index >= 15 is 0 Å². The normalized spacial score (nSPS) is 12.6. The molecule has 2 amide bonds. The smallest absolute Gasteiger partial charge is 0.260 e. The summed E-state index contributed by atoms with van der Waals surface area (Å²) in [5.41, 5.74) is 8.38. The zero-order valence-electron chi connectivity index (χ0n) is 17.3. The van der Waals surface area contributed by atoms with Crippen molar-refractivity contribution >= 4 is 11.8 Å². The lowest BCUT2D eigenvalue weighted by molar-refractivity contribution is -0.128. The third kappa shape index (κ3) is 6.40. The lowest BCUT2D eigenvalue weighted by Crippen LogP contribution is -2.42. The van der Waals surface area contributed by atoms with Crippen LogP contribution in [0.3, 0.4) is 0 Å². The summed E-state index contributed by atoms with van der Waals surface area (Å²) >= 11 is 0.